The Bertz CT molecular complexity index is 515. The van der Waals surface area contributed by atoms with Crippen LogP contribution in [0.3, 0.4) is 0 Å². The molecule has 0 unspecified atom stereocenters. The third-order valence-electron chi connectivity index (χ3n) is 4.97. The van der Waals surface area contributed by atoms with Crippen LogP contribution in [0.4, 0.5) is 5.69 Å². The molecular weight excluding hydrogens is 449 g/mol. The Hall–Kier alpha value is -1.02. The summed E-state index contributed by atoms with van der Waals surface area (Å²) >= 11 is 0. The van der Waals surface area contributed by atoms with Gasteiger partial charge in [-0.3, -0.25) is 4.99 Å². The van der Waals surface area contributed by atoms with E-state index in [-0.39, 0.29) is 24.0 Å². The van der Waals surface area contributed by atoms with Gasteiger partial charge in [-0.2, -0.15) is 0 Å². The van der Waals surface area contributed by atoms with Gasteiger partial charge in [0.25, 0.3) is 0 Å². The number of nitrogens with zero attached hydrogens (tertiary/aromatic N) is 3. The van der Waals surface area contributed by atoms with Crippen LogP contribution in [0.2, 0.25) is 0 Å². The minimum atomic E-state index is 0. The maximum Gasteiger partial charge on any atom is 0.191 e. The van der Waals surface area contributed by atoms with Crippen LogP contribution in [-0.2, 0) is 0 Å². The van der Waals surface area contributed by atoms with E-state index in [2.05, 4.69) is 71.5 Å². The number of rotatable bonds is 9. The van der Waals surface area contributed by atoms with Gasteiger partial charge in [0.1, 0.15) is 0 Å². The molecule has 0 aromatic heterocycles. The zero-order valence-corrected chi connectivity index (χ0v) is 19.6. The van der Waals surface area contributed by atoms with Crippen LogP contribution in [0.5, 0.6) is 0 Å². The topological polar surface area (TPSA) is 42.9 Å². The van der Waals surface area contributed by atoms with Gasteiger partial charge in [0.15, 0.2) is 5.96 Å². The van der Waals surface area contributed by atoms with E-state index >= 15 is 0 Å². The van der Waals surface area contributed by atoms with Gasteiger partial charge >= 0.3 is 0 Å². The molecule has 1 aliphatic rings. The molecule has 0 spiro atoms. The van der Waals surface area contributed by atoms with E-state index in [9.17, 15) is 0 Å². The number of hydrogen-bond donors (Lipinski definition) is 2. The fourth-order valence-corrected chi connectivity index (χ4v) is 3.48. The summed E-state index contributed by atoms with van der Waals surface area (Å²) in [5.74, 6) is 0.971. The summed E-state index contributed by atoms with van der Waals surface area (Å²) in [4.78, 5) is 9.74. The summed E-state index contributed by atoms with van der Waals surface area (Å²) in [6.07, 6.45) is 3.50. The highest BCUT2D eigenvalue weighted by Crippen LogP contribution is 2.19. The second kappa shape index (κ2) is 14.0. The number of anilines is 1. The number of guanidine groups is 1. The molecule has 6 heteroatoms. The van der Waals surface area contributed by atoms with E-state index in [0.717, 1.165) is 64.6 Å². The Morgan fingerprint density at radius 2 is 1.81 bits per heavy atom. The van der Waals surface area contributed by atoms with Gasteiger partial charge in [-0.25, -0.2) is 0 Å². The van der Waals surface area contributed by atoms with Crippen molar-refractivity contribution in [2.24, 2.45) is 4.99 Å². The quantitative estimate of drug-likeness (QED) is 0.318. The lowest BCUT2D eigenvalue weighted by Gasteiger charge is -2.34. The smallest absolute Gasteiger partial charge is 0.191 e. The van der Waals surface area contributed by atoms with Crippen molar-refractivity contribution in [2.45, 2.75) is 46.1 Å². The van der Waals surface area contributed by atoms with Gasteiger partial charge in [-0.15, -0.1) is 24.0 Å². The molecule has 1 heterocycles. The lowest BCUT2D eigenvalue weighted by atomic mass is 10.0. The predicted octanol–water partition coefficient (Wildman–Crippen LogP) is 3.56. The van der Waals surface area contributed by atoms with Gasteiger partial charge in [-0.05, 0) is 51.4 Å². The Morgan fingerprint density at radius 1 is 1.11 bits per heavy atom. The second-order valence-electron chi connectivity index (χ2n) is 6.94. The lowest BCUT2D eigenvalue weighted by molar-refractivity contribution is 0.297. The normalized spacial score (nSPS) is 15.6. The van der Waals surface area contributed by atoms with Crippen LogP contribution < -0.4 is 15.5 Å². The lowest BCUT2D eigenvalue weighted by Crippen LogP contribution is -2.49. The Balaban J connectivity index is 0.00000364. The van der Waals surface area contributed by atoms with Crippen molar-refractivity contribution in [3.05, 3.63) is 30.3 Å². The summed E-state index contributed by atoms with van der Waals surface area (Å²) < 4.78 is 0. The number of para-hydroxylation sites is 1. The molecule has 0 saturated carbocycles. The van der Waals surface area contributed by atoms with Gasteiger partial charge in [0.05, 0.1) is 6.54 Å². The van der Waals surface area contributed by atoms with Crippen LogP contribution in [0, 0.1) is 0 Å². The minimum absolute atomic E-state index is 0. The van der Waals surface area contributed by atoms with E-state index in [0.29, 0.717) is 6.04 Å². The summed E-state index contributed by atoms with van der Waals surface area (Å²) in [5.41, 5.74) is 1.34. The highest BCUT2D eigenvalue weighted by atomic mass is 127. The molecular formula is C21H38IN5. The molecule has 0 amide bonds. The molecule has 0 radical (unpaired) electrons. The molecule has 27 heavy (non-hydrogen) atoms. The molecule has 2 rings (SSSR count). The van der Waals surface area contributed by atoms with Gasteiger partial charge in [-0.1, -0.05) is 32.0 Å². The van der Waals surface area contributed by atoms with E-state index in [1.807, 2.05) is 0 Å². The summed E-state index contributed by atoms with van der Waals surface area (Å²) in [5, 5.41) is 7.05. The van der Waals surface area contributed by atoms with E-state index in [1.165, 1.54) is 12.1 Å². The predicted molar refractivity (Wildman–Crippen MR) is 129 cm³/mol. The van der Waals surface area contributed by atoms with E-state index < -0.39 is 0 Å². The molecule has 154 valence electrons. The van der Waals surface area contributed by atoms with Crippen LogP contribution in [0.15, 0.2) is 35.3 Å². The number of benzene rings is 1. The maximum absolute atomic E-state index is 4.79. The van der Waals surface area contributed by atoms with E-state index in [1.54, 1.807) is 0 Å². The molecule has 0 bridgehead atoms. The van der Waals surface area contributed by atoms with Crippen molar-refractivity contribution in [3.63, 3.8) is 0 Å². The van der Waals surface area contributed by atoms with Crippen molar-refractivity contribution in [1.82, 2.24) is 15.5 Å². The van der Waals surface area contributed by atoms with Crippen LogP contribution >= 0.6 is 24.0 Å². The van der Waals surface area contributed by atoms with Gasteiger partial charge < -0.3 is 20.4 Å². The molecule has 1 aliphatic heterocycles. The number of aliphatic imine (C=N–C) groups is 1. The molecule has 2 N–H and O–H groups in total. The van der Waals surface area contributed by atoms with E-state index in [4.69, 9.17) is 4.99 Å². The number of likely N-dealkylation sites (N-methyl/N-ethyl adjacent to an activating group) is 1. The van der Waals surface area contributed by atoms with Gasteiger partial charge in [0.2, 0.25) is 0 Å². The van der Waals surface area contributed by atoms with Crippen molar-refractivity contribution >= 4 is 35.6 Å². The molecule has 5 nitrogen and oxygen atoms in total. The highest BCUT2D eigenvalue weighted by molar-refractivity contribution is 14.0. The average Bonchev–Trinajstić information content (AvgIpc) is 2.68. The number of piperidine rings is 1. The number of nitrogens with one attached hydrogen (secondary N) is 2. The highest BCUT2D eigenvalue weighted by Gasteiger charge is 2.20. The minimum Gasteiger partial charge on any atom is -0.371 e. The van der Waals surface area contributed by atoms with Crippen molar-refractivity contribution in [2.75, 3.05) is 50.7 Å². The largest absolute Gasteiger partial charge is 0.371 e. The van der Waals surface area contributed by atoms with Crippen LogP contribution in [-0.4, -0.2) is 62.7 Å². The van der Waals surface area contributed by atoms with Crippen molar-refractivity contribution < 1.29 is 0 Å². The molecule has 1 aromatic rings. The summed E-state index contributed by atoms with van der Waals surface area (Å²) in [7, 11) is 0. The first-order valence-corrected chi connectivity index (χ1v) is 10.3. The third kappa shape index (κ3) is 8.68. The zero-order chi connectivity index (χ0) is 18.6. The average molecular weight is 487 g/mol. The fraction of sp³-hybridized carbons (Fsp3) is 0.667. The summed E-state index contributed by atoms with van der Waals surface area (Å²) in [6.45, 7) is 13.8. The Morgan fingerprint density at radius 3 is 2.41 bits per heavy atom. The first-order chi connectivity index (χ1) is 12.8. The number of halogens is 1. The van der Waals surface area contributed by atoms with Crippen LogP contribution in [0.1, 0.15) is 40.0 Å². The van der Waals surface area contributed by atoms with Crippen molar-refractivity contribution in [1.29, 1.82) is 0 Å². The van der Waals surface area contributed by atoms with Gasteiger partial charge in [0, 0.05) is 37.9 Å². The molecule has 1 fully saturated rings. The Labute approximate surface area is 183 Å². The molecule has 0 aliphatic carbocycles. The standard InChI is InChI=1S/C21H37N5.HI/c1-4-15-25(6-3)18-14-23-21(22-5-2)24-19-12-16-26(17-13-19)20-10-8-7-9-11-20;/h7-11,19H,4-6,12-18H2,1-3H3,(H2,22,23,24);1H. The van der Waals surface area contributed by atoms with Crippen molar-refractivity contribution in [3.8, 4) is 0 Å². The summed E-state index contributed by atoms with van der Waals surface area (Å²) in [6, 6.07) is 11.2. The Kier molecular flexibility index (Phi) is 12.5. The SMILES string of the molecule is CCCN(CC)CCN=C(NCC)NC1CCN(c2ccccc2)CC1.I. The number of hydrogen-bond acceptors (Lipinski definition) is 3. The maximum atomic E-state index is 4.79. The first kappa shape index (κ1) is 24.0. The molecule has 1 saturated heterocycles. The fourth-order valence-electron chi connectivity index (χ4n) is 3.48. The molecule has 1 aromatic carbocycles. The zero-order valence-electron chi connectivity index (χ0n) is 17.3. The first-order valence-electron chi connectivity index (χ1n) is 10.3. The second-order valence-corrected chi connectivity index (χ2v) is 6.94. The molecule has 0 atom stereocenters. The van der Waals surface area contributed by atoms with Crippen LogP contribution in [0.25, 0.3) is 0 Å². The third-order valence-corrected chi connectivity index (χ3v) is 4.97. The monoisotopic (exact) mass is 487 g/mol.